The van der Waals surface area contributed by atoms with Gasteiger partial charge in [0.05, 0.1) is 4.90 Å². The zero-order valence-corrected chi connectivity index (χ0v) is 13.5. The van der Waals surface area contributed by atoms with Crippen LogP contribution in [0.5, 0.6) is 5.75 Å². The maximum absolute atomic E-state index is 12.4. The average molecular weight is 325 g/mol. The van der Waals surface area contributed by atoms with Gasteiger partial charge < -0.3 is 4.74 Å². The van der Waals surface area contributed by atoms with Crippen LogP contribution in [0, 0.1) is 6.92 Å². The summed E-state index contributed by atoms with van der Waals surface area (Å²) in [5.74, 6) is 0.741. The number of aromatic nitrogens is 2. The van der Waals surface area contributed by atoms with Gasteiger partial charge in [0.1, 0.15) is 16.4 Å². The summed E-state index contributed by atoms with van der Waals surface area (Å²) >= 11 is 1.20. The van der Waals surface area contributed by atoms with Crippen molar-refractivity contribution in [3.63, 3.8) is 0 Å². The van der Waals surface area contributed by atoms with Crippen molar-refractivity contribution in [1.29, 1.82) is 0 Å². The second kappa shape index (κ2) is 4.67. The molecule has 2 aromatic rings. The van der Waals surface area contributed by atoms with Crippen LogP contribution in [0.1, 0.15) is 24.4 Å². The minimum absolute atomic E-state index is 0.204. The molecular weight excluding hydrogens is 310 g/mol. The summed E-state index contributed by atoms with van der Waals surface area (Å²) in [4.78, 5) is 0.204. The average Bonchev–Trinajstić information content (AvgIpc) is 2.88. The van der Waals surface area contributed by atoms with Crippen molar-refractivity contribution in [2.45, 2.75) is 37.7 Å². The molecule has 3 rings (SSSR count). The molecule has 0 atom stereocenters. The Bertz CT molecular complexity index is 797. The summed E-state index contributed by atoms with van der Waals surface area (Å²) in [5, 5.41) is 8.54. The SMILES string of the molecule is Cc1nnc(NS(=O)(=O)c2ccc3c(c2)CC(C)(C)O3)s1. The van der Waals surface area contributed by atoms with Gasteiger partial charge in [-0.15, -0.1) is 10.2 Å². The van der Waals surface area contributed by atoms with Gasteiger partial charge in [-0.1, -0.05) is 11.3 Å². The maximum Gasteiger partial charge on any atom is 0.263 e. The van der Waals surface area contributed by atoms with E-state index in [0.29, 0.717) is 11.4 Å². The Morgan fingerprint density at radius 3 is 2.76 bits per heavy atom. The summed E-state index contributed by atoms with van der Waals surface area (Å²) in [6.45, 7) is 5.72. The summed E-state index contributed by atoms with van der Waals surface area (Å²) in [6, 6.07) is 4.89. The van der Waals surface area contributed by atoms with E-state index in [-0.39, 0.29) is 15.6 Å². The third-order valence-electron chi connectivity index (χ3n) is 3.09. The predicted octanol–water partition coefficient (Wildman–Crippen LogP) is 2.36. The number of nitrogens with one attached hydrogen (secondary N) is 1. The van der Waals surface area contributed by atoms with Gasteiger partial charge in [0.25, 0.3) is 10.0 Å². The second-order valence-electron chi connectivity index (χ2n) is 5.54. The lowest BCUT2D eigenvalue weighted by Crippen LogP contribution is -2.24. The van der Waals surface area contributed by atoms with Gasteiger partial charge in [-0.25, -0.2) is 8.42 Å². The van der Waals surface area contributed by atoms with Crippen LogP contribution in [-0.4, -0.2) is 24.2 Å². The van der Waals surface area contributed by atoms with Crippen LogP contribution in [0.3, 0.4) is 0 Å². The normalized spacial score (nSPS) is 16.3. The van der Waals surface area contributed by atoms with Crippen molar-refractivity contribution in [3.8, 4) is 5.75 Å². The Morgan fingerprint density at radius 1 is 1.33 bits per heavy atom. The molecule has 1 aromatic carbocycles. The number of aryl methyl sites for hydroxylation is 1. The molecule has 0 saturated carbocycles. The van der Waals surface area contributed by atoms with Crippen LogP contribution in [-0.2, 0) is 16.4 Å². The van der Waals surface area contributed by atoms with E-state index in [1.165, 1.54) is 17.4 Å². The van der Waals surface area contributed by atoms with Gasteiger partial charge in [-0.2, -0.15) is 0 Å². The third-order valence-corrected chi connectivity index (χ3v) is 5.31. The number of sulfonamides is 1. The smallest absolute Gasteiger partial charge is 0.263 e. The Kier molecular flexibility index (Phi) is 3.18. The molecule has 1 aromatic heterocycles. The second-order valence-corrected chi connectivity index (χ2v) is 8.40. The summed E-state index contributed by atoms with van der Waals surface area (Å²) in [5.41, 5.74) is 0.602. The summed E-state index contributed by atoms with van der Waals surface area (Å²) < 4.78 is 32.9. The molecule has 0 saturated heterocycles. The highest BCUT2D eigenvalue weighted by Gasteiger charge is 2.31. The number of rotatable bonds is 3. The number of ether oxygens (including phenoxy) is 1. The molecule has 1 aliphatic heterocycles. The number of benzene rings is 1. The van der Waals surface area contributed by atoms with Crippen molar-refractivity contribution in [3.05, 3.63) is 28.8 Å². The van der Waals surface area contributed by atoms with E-state index < -0.39 is 10.0 Å². The number of hydrogen-bond donors (Lipinski definition) is 1. The Morgan fingerprint density at radius 2 is 2.10 bits per heavy atom. The zero-order valence-electron chi connectivity index (χ0n) is 11.9. The molecule has 112 valence electrons. The minimum Gasteiger partial charge on any atom is -0.487 e. The van der Waals surface area contributed by atoms with Crippen molar-refractivity contribution >= 4 is 26.5 Å². The standard InChI is InChI=1S/C13H15N3O3S2/c1-8-14-15-12(20-8)16-21(17,18)10-4-5-11-9(6-10)7-13(2,3)19-11/h4-6H,7H2,1-3H3,(H,15,16). The maximum atomic E-state index is 12.4. The molecule has 0 radical (unpaired) electrons. The number of nitrogens with zero attached hydrogens (tertiary/aromatic N) is 2. The molecule has 2 heterocycles. The molecule has 0 fully saturated rings. The lowest BCUT2D eigenvalue weighted by atomic mass is 10.0. The van der Waals surface area contributed by atoms with Crippen molar-refractivity contribution in [1.82, 2.24) is 10.2 Å². The fourth-order valence-electron chi connectivity index (χ4n) is 2.26. The van der Waals surface area contributed by atoms with Gasteiger partial charge in [0.15, 0.2) is 0 Å². The van der Waals surface area contributed by atoms with Gasteiger partial charge in [0, 0.05) is 6.42 Å². The van der Waals surface area contributed by atoms with E-state index in [0.717, 1.165) is 11.3 Å². The van der Waals surface area contributed by atoms with E-state index in [9.17, 15) is 8.42 Å². The van der Waals surface area contributed by atoms with Crippen molar-refractivity contribution < 1.29 is 13.2 Å². The molecule has 1 N–H and O–H groups in total. The summed E-state index contributed by atoms with van der Waals surface area (Å²) in [7, 11) is -3.66. The van der Waals surface area contributed by atoms with E-state index in [4.69, 9.17) is 4.74 Å². The molecule has 1 aliphatic rings. The predicted molar refractivity (Wildman–Crippen MR) is 80.3 cm³/mol. The van der Waals surface area contributed by atoms with Crippen molar-refractivity contribution in [2.75, 3.05) is 4.72 Å². The fraction of sp³-hybridized carbons (Fsp3) is 0.385. The minimum atomic E-state index is -3.66. The molecule has 8 heteroatoms. The topological polar surface area (TPSA) is 81.2 Å². The van der Waals surface area contributed by atoms with E-state index >= 15 is 0 Å². The third kappa shape index (κ3) is 2.86. The first-order valence-corrected chi connectivity index (χ1v) is 8.70. The fourth-order valence-corrected chi connectivity index (χ4v) is 4.14. The molecule has 21 heavy (non-hydrogen) atoms. The number of anilines is 1. The number of fused-ring (bicyclic) bond motifs is 1. The lowest BCUT2D eigenvalue weighted by molar-refractivity contribution is 0.138. The van der Waals surface area contributed by atoms with Crippen LogP contribution in [0.25, 0.3) is 0 Å². The van der Waals surface area contributed by atoms with Gasteiger partial charge >= 0.3 is 0 Å². The first-order chi connectivity index (χ1) is 9.75. The molecule has 0 amide bonds. The highest BCUT2D eigenvalue weighted by atomic mass is 32.2. The Balaban J connectivity index is 1.91. The van der Waals surface area contributed by atoms with Crippen LogP contribution in [0.2, 0.25) is 0 Å². The highest BCUT2D eigenvalue weighted by molar-refractivity contribution is 7.93. The van der Waals surface area contributed by atoms with E-state index in [2.05, 4.69) is 14.9 Å². The highest BCUT2D eigenvalue weighted by Crippen LogP contribution is 2.36. The van der Waals surface area contributed by atoms with Crippen molar-refractivity contribution in [2.24, 2.45) is 0 Å². The molecule has 0 spiro atoms. The van der Waals surface area contributed by atoms with Gasteiger partial charge in [0.2, 0.25) is 5.13 Å². The van der Waals surface area contributed by atoms with Gasteiger partial charge in [-0.05, 0) is 44.5 Å². The number of hydrogen-bond acceptors (Lipinski definition) is 6. The first kappa shape index (κ1) is 14.3. The zero-order chi connectivity index (χ0) is 15.3. The van der Waals surface area contributed by atoms with Crippen LogP contribution in [0.4, 0.5) is 5.13 Å². The Labute approximate surface area is 127 Å². The Hall–Kier alpha value is -1.67. The van der Waals surface area contributed by atoms with E-state index in [1.807, 2.05) is 13.8 Å². The monoisotopic (exact) mass is 325 g/mol. The van der Waals surface area contributed by atoms with Crippen LogP contribution < -0.4 is 9.46 Å². The molecular formula is C13H15N3O3S2. The molecule has 0 bridgehead atoms. The van der Waals surface area contributed by atoms with Crippen LogP contribution in [0.15, 0.2) is 23.1 Å². The lowest BCUT2D eigenvalue weighted by Gasteiger charge is -2.16. The molecule has 6 nitrogen and oxygen atoms in total. The molecule has 0 aliphatic carbocycles. The molecule has 0 unspecified atom stereocenters. The van der Waals surface area contributed by atoms with E-state index in [1.54, 1.807) is 19.1 Å². The largest absolute Gasteiger partial charge is 0.487 e. The quantitative estimate of drug-likeness (QED) is 0.937. The van der Waals surface area contributed by atoms with Crippen LogP contribution >= 0.6 is 11.3 Å². The first-order valence-electron chi connectivity index (χ1n) is 6.40. The summed E-state index contributed by atoms with van der Waals surface area (Å²) in [6.07, 6.45) is 0.684. The van der Waals surface area contributed by atoms with Gasteiger partial charge in [-0.3, -0.25) is 4.72 Å².